The van der Waals surface area contributed by atoms with Crippen LogP contribution in [0.4, 0.5) is 0 Å². The van der Waals surface area contributed by atoms with E-state index >= 15 is 0 Å². The SMILES string of the molecule is O=C(/C=C/c1ccc(O)c(O)c1)O[C@H]1C[C@H](OC(=O)/C=C/c2ccc(O)c(O)c2)CC(O)(C(=O)O)C1. The number of ether oxygens (including phenoxy) is 2. The van der Waals surface area contributed by atoms with Gasteiger partial charge >= 0.3 is 17.9 Å². The molecule has 6 N–H and O–H groups in total. The number of esters is 2. The molecule has 0 amide bonds. The molecule has 11 nitrogen and oxygen atoms in total. The van der Waals surface area contributed by atoms with Gasteiger partial charge in [-0.15, -0.1) is 0 Å². The van der Waals surface area contributed by atoms with E-state index in [9.17, 15) is 45.0 Å². The molecule has 0 spiro atoms. The third-order valence-corrected chi connectivity index (χ3v) is 5.44. The molecule has 0 saturated heterocycles. The lowest BCUT2D eigenvalue weighted by molar-refractivity contribution is -0.183. The maximum Gasteiger partial charge on any atom is 0.335 e. The van der Waals surface area contributed by atoms with E-state index in [0.29, 0.717) is 11.1 Å². The van der Waals surface area contributed by atoms with Crippen molar-refractivity contribution in [2.75, 3.05) is 0 Å². The molecule has 0 radical (unpaired) electrons. The standard InChI is InChI=1S/C25H24O11/c26-18-5-1-14(9-20(18)28)3-7-22(30)35-16-11-17(13-25(34,12-16)24(32)33)36-23(31)8-4-15-2-6-19(27)21(29)10-15/h1-10,16-17,26-29,34H,11-13H2,(H,32,33)/b7-3+,8-4+/t16-,17-/m0/s1. The largest absolute Gasteiger partial charge is 0.504 e. The second kappa shape index (κ2) is 10.8. The zero-order valence-electron chi connectivity index (χ0n) is 18.8. The molecule has 1 aliphatic rings. The van der Waals surface area contributed by atoms with Crippen LogP contribution in [0, 0.1) is 0 Å². The minimum Gasteiger partial charge on any atom is -0.504 e. The Morgan fingerprint density at radius 1 is 0.750 bits per heavy atom. The molecule has 1 saturated carbocycles. The molecule has 3 rings (SSSR count). The molecule has 2 aromatic rings. The number of aliphatic hydroxyl groups is 1. The lowest BCUT2D eigenvalue weighted by Crippen LogP contribution is -2.51. The highest BCUT2D eigenvalue weighted by Crippen LogP contribution is 2.33. The van der Waals surface area contributed by atoms with E-state index in [4.69, 9.17) is 9.47 Å². The van der Waals surface area contributed by atoms with Gasteiger partial charge in [0.25, 0.3) is 0 Å². The number of aromatic hydroxyl groups is 4. The Labute approximate surface area is 204 Å². The van der Waals surface area contributed by atoms with E-state index in [1.165, 1.54) is 48.6 Å². The van der Waals surface area contributed by atoms with Crippen molar-refractivity contribution in [3.63, 3.8) is 0 Å². The van der Waals surface area contributed by atoms with E-state index in [0.717, 1.165) is 12.2 Å². The first-order valence-electron chi connectivity index (χ1n) is 10.7. The summed E-state index contributed by atoms with van der Waals surface area (Å²) in [6.45, 7) is 0. The van der Waals surface area contributed by atoms with Gasteiger partial charge in [-0.1, -0.05) is 12.1 Å². The number of carbonyl (C=O) groups is 3. The number of hydrogen-bond donors (Lipinski definition) is 6. The smallest absolute Gasteiger partial charge is 0.335 e. The van der Waals surface area contributed by atoms with E-state index in [1.54, 1.807) is 0 Å². The summed E-state index contributed by atoms with van der Waals surface area (Å²) >= 11 is 0. The molecule has 11 heteroatoms. The highest BCUT2D eigenvalue weighted by atomic mass is 16.6. The van der Waals surface area contributed by atoms with Gasteiger partial charge in [0, 0.05) is 31.4 Å². The first kappa shape index (κ1) is 26.1. The Kier molecular flexibility index (Phi) is 7.85. The second-order valence-electron chi connectivity index (χ2n) is 8.26. The molecule has 1 aliphatic carbocycles. The van der Waals surface area contributed by atoms with Crippen molar-refractivity contribution in [3.8, 4) is 23.0 Å². The number of carboxylic acid groups (broad SMARTS) is 1. The summed E-state index contributed by atoms with van der Waals surface area (Å²) in [5, 5.41) is 57.7. The van der Waals surface area contributed by atoms with Gasteiger partial charge in [-0.2, -0.15) is 0 Å². The third kappa shape index (κ3) is 6.76. The molecule has 0 aliphatic heterocycles. The molecule has 0 unspecified atom stereocenters. The van der Waals surface area contributed by atoms with Gasteiger partial charge in [-0.05, 0) is 47.5 Å². The maximum absolute atomic E-state index is 12.2. The van der Waals surface area contributed by atoms with Crippen LogP contribution >= 0.6 is 0 Å². The topological polar surface area (TPSA) is 191 Å². The molecule has 36 heavy (non-hydrogen) atoms. The van der Waals surface area contributed by atoms with Crippen LogP contribution < -0.4 is 0 Å². The fourth-order valence-electron chi connectivity index (χ4n) is 3.67. The summed E-state index contributed by atoms with van der Waals surface area (Å²) in [6, 6.07) is 7.76. The Morgan fingerprint density at radius 3 is 1.53 bits per heavy atom. The van der Waals surface area contributed by atoms with E-state index in [1.807, 2.05) is 0 Å². The highest BCUT2D eigenvalue weighted by Gasteiger charge is 2.47. The number of rotatable bonds is 7. The van der Waals surface area contributed by atoms with Crippen LogP contribution in [0.2, 0.25) is 0 Å². The summed E-state index contributed by atoms with van der Waals surface area (Å²) in [4.78, 5) is 36.1. The quantitative estimate of drug-likeness (QED) is 0.185. The lowest BCUT2D eigenvalue weighted by Gasteiger charge is -2.37. The fraction of sp³-hybridized carbons (Fsp3) is 0.240. The summed E-state index contributed by atoms with van der Waals surface area (Å²) in [5.41, 5.74) is -1.53. The van der Waals surface area contributed by atoms with E-state index < -0.39 is 48.6 Å². The second-order valence-corrected chi connectivity index (χ2v) is 8.26. The van der Waals surface area contributed by atoms with Crippen LogP contribution in [0.15, 0.2) is 48.6 Å². The molecule has 0 heterocycles. The fourth-order valence-corrected chi connectivity index (χ4v) is 3.67. The molecule has 190 valence electrons. The minimum absolute atomic E-state index is 0.0608. The minimum atomic E-state index is -2.30. The molecule has 2 atom stereocenters. The van der Waals surface area contributed by atoms with Crippen LogP contribution in [0.25, 0.3) is 12.2 Å². The molecular formula is C25H24O11. The molecule has 1 fully saturated rings. The van der Waals surface area contributed by atoms with Crippen LogP contribution in [-0.2, 0) is 23.9 Å². The summed E-state index contributed by atoms with van der Waals surface area (Å²) < 4.78 is 10.5. The number of benzene rings is 2. The predicted molar refractivity (Wildman–Crippen MR) is 124 cm³/mol. The predicted octanol–water partition coefficient (Wildman–Crippen LogP) is 2.06. The first-order valence-corrected chi connectivity index (χ1v) is 10.7. The molecule has 0 aromatic heterocycles. The van der Waals surface area contributed by atoms with Crippen molar-refractivity contribution < 1.29 is 54.5 Å². The van der Waals surface area contributed by atoms with E-state index in [2.05, 4.69) is 0 Å². The zero-order valence-corrected chi connectivity index (χ0v) is 18.8. The van der Waals surface area contributed by atoms with Crippen LogP contribution in [-0.4, -0.2) is 66.4 Å². The number of carbonyl (C=O) groups excluding carboxylic acids is 2. The van der Waals surface area contributed by atoms with Gasteiger partial charge in [0.15, 0.2) is 28.6 Å². The number of phenols is 4. The van der Waals surface area contributed by atoms with Gasteiger partial charge in [-0.25, -0.2) is 14.4 Å². The third-order valence-electron chi connectivity index (χ3n) is 5.44. The summed E-state index contributed by atoms with van der Waals surface area (Å²) in [7, 11) is 0. The van der Waals surface area contributed by atoms with E-state index in [-0.39, 0.29) is 29.4 Å². The van der Waals surface area contributed by atoms with Crippen molar-refractivity contribution >= 4 is 30.1 Å². The van der Waals surface area contributed by atoms with Crippen molar-refractivity contribution in [1.29, 1.82) is 0 Å². The van der Waals surface area contributed by atoms with Crippen LogP contribution in [0.5, 0.6) is 23.0 Å². The van der Waals surface area contributed by atoms with Gasteiger partial charge < -0.3 is 40.1 Å². The molecule has 0 bridgehead atoms. The van der Waals surface area contributed by atoms with Crippen molar-refractivity contribution in [2.24, 2.45) is 0 Å². The average Bonchev–Trinajstić information content (AvgIpc) is 2.80. The Balaban J connectivity index is 1.65. The highest BCUT2D eigenvalue weighted by molar-refractivity contribution is 5.88. The number of hydrogen-bond acceptors (Lipinski definition) is 10. The van der Waals surface area contributed by atoms with Gasteiger partial charge in [0.1, 0.15) is 12.2 Å². The average molecular weight is 500 g/mol. The summed E-state index contributed by atoms with van der Waals surface area (Å²) in [6.07, 6.45) is 1.59. The van der Waals surface area contributed by atoms with Crippen LogP contribution in [0.3, 0.4) is 0 Å². The van der Waals surface area contributed by atoms with Crippen molar-refractivity contribution in [3.05, 3.63) is 59.7 Å². The Hall–Kier alpha value is -4.51. The normalized spacial score (nSPS) is 21.9. The molecular weight excluding hydrogens is 476 g/mol. The van der Waals surface area contributed by atoms with Crippen molar-refractivity contribution in [2.45, 2.75) is 37.1 Å². The number of carboxylic acids is 1. The van der Waals surface area contributed by atoms with Gasteiger partial charge in [-0.3, -0.25) is 0 Å². The van der Waals surface area contributed by atoms with Gasteiger partial charge in [0.05, 0.1) is 0 Å². The Morgan fingerprint density at radius 2 is 1.17 bits per heavy atom. The number of aliphatic carboxylic acids is 1. The zero-order chi connectivity index (χ0) is 26.5. The van der Waals surface area contributed by atoms with Crippen molar-refractivity contribution in [1.82, 2.24) is 0 Å². The monoisotopic (exact) mass is 500 g/mol. The lowest BCUT2D eigenvalue weighted by atomic mass is 9.81. The van der Waals surface area contributed by atoms with Gasteiger partial charge in [0.2, 0.25) is 0 Å². The molecule has 2 aromatic carbocycles. The first-order chi connectivity index (χ1) is 16.9. The maximum atomic E-state index is 12.2. The van der Waals surface area contributed by atoms with Crippen LogP contribution in [0.1, 0.15) is 30.4 Å². The summed E-state index contributed by atoms with van der Waals surface area (Å²) in [5.74, 6) is -4.72. The Bertz CT molecular complexity index is 1130. The number of phenolic OH excluding ortho intramolecular Hbond substituents is 4.